The van der Waals surface area contributed by atoms with Crippen LogP contribution < -0.4 is 32.3 Å². The average Bonchev–Trinajstić information content (AvgIpc) is 3.07. The summed E-state index contributed by atoms with van der Waals surface area (Å²) in [6.45, 7) is 3.43. The second-order valence-corrected chi connectivity index (χ2v) is 16.3. The minimum absolute atomic E-state index is 0.0654. The molecular weight excluding hydrogens is 629 g/mol. The van der Waals surface area contributed by atoms with Crippen LogP contribution in [0.15, 0.2) is 91.0 Å². The molecule has 0 aliphatic carbocycles. The first-order valence-electron chi connectivity index (χ1n) is 14.8. The lowest BCUT2D eigenvalue weighted by Gasteiger charge is -2.27. The van der Waals surface area contributed by atoms with Crippen molar-refractivity contribution >= 4 is 68.5 Å². The number of ether oxygens (including phenoxy) is 2. The molecule has 0 aliphatic heterocycles. The third kappa shape index (κ3) is 10.9. The molecule has 3 aromatic rings. The number of nitrogens with two attached hydrogens (primary N) is 1. The Morgan fingerprint density at radius 3 is 1.78 bits per heavy atom. The van der Waals surface area contributed by atoms with Crippen LogP contribution in [-0.4, -0.2) is 66.8 Å². The summed E-state index contributed by atoms with van der Waals surface area (Å²) in [6, 6.07) is 29.5. The fraction of sp³-hybridized carbons (Fsp3) is 0.333. The molecule has 0 spiro atoms. The van der Waals surface area contributed by atoms with Gasteiger partial charge in [-0.3, -0.25) is 19.2 Å². The van der Waals surface area contributed by atoms with E-state index in [9.17, 15) is 19.2 Å². The predicted octanol–water partition coefficient (Wildman–Crippen LogP) is 3.15. The first kappa shape index (κ1) is 36.1. The second-order valence-electron chi connectivity index (χ2n) is 9.89. The van der Waals surface area contributed by atoms with Crippen molar-refractivity contribution in [2.24, 2.45) is 5.73 Å². The Morgan fingerprint density at radius 1 is 0.778 bits per heavy atom. The molecule has 0 aliphatic rings. The zero-order valence-corrected chi connectivity index (χ0v) is 28.1. The van der Waals surface area contributed by atoms with Gasteiger partial charge in [-0.05, 0) is 56.7 Å². The number of nitrogens with one attached hydrogen (secondary N) is 2. The fourth-order valence-corrected chi connectivity index (χ4v) is 13.5. The highest BCUT2D eigenvalue weighted by atomic mass is 33.1. The first-order valence-corrected chi connectivity index (χ1v) is 19.2. The number of carbonyl (C=O) groups excluding carboxylic acids is 4. The molecule has 0 aromatic heterocycles. The van der Waals surface area contributed by atoms with Gasteiger partial charge >= 0.3 is 11.9 Å². The minimum atomic E-state index is -2.10. The lowest BCUT2D eigenvalue weighted by molar-refractivity contribution is -0.145. The van der Waals surface area contributed by atoms with E-state index in [1.165, 1.54) is 26.7 Å². The summed E-state index contributed by atoms with van der Waals surface area (Å²) < 4.78 is 9.83. The fourth-order valence-electron chi connectivity index (χ4n) is 4.55. The van der Waals surface area contributed by atoms with Gasteiger partial charge in [-0.1, -0.05) is 76.2 Å². The summed E-state index contributed by atoms with van der Waals surface area (Å²) in [5, 5.41) is 9.04. The molecule has 240 valence electrons. The van der Waals surface area contributed by atoms with Gasteiger partial charge in [0.2, 0.25) is 11.8 Å². The molecule has 3 rings (SSSR count). The predicted molar refractivity (Wildman–Crippen MR) is 185 cm³/mol. The van der Waals surface area contributed by atoms with E-state index >= 15 is 0 Å². The highest BCUT2D eigenvalue weighted by Gasteiger charge is 2.45. The van der Waals surface area contributed by atoms with Crippen LogP contribution in [0, 0.1) is 0 Å². The largest absolute Gasteiger partial charge is 0.465 e. The van der Waals surface area contributed by atoms with Crippen LogP contribution in [-0.2, 0) is 28.7 Å². The molecule has 45 heavy (non-hydrogen) atoms. The number of carbonyl (C=O) groups is 4. The number of amides is 2. The number of esters is 2. The Labute approximate surface area is 273 Å². The highest BCUT2D eigenvalue weighted by molar-refractivity contribution is 8.77. The molecule has 9 nitrogen and oxygen atoms in total. The van der Waals surface area contributed by atoms with Crippen LogP contribution in [0.3, 0.4) is 0 Å². The Kier molecular flexibility index (Phi) is 15.4. The van der Waals surface area contributed by atoms with Crippen LogP contribution in [0.2, 0.25) is 0 Å². The Bertz CT molecular complexity index is 1270. The lowest BCUT2D eigenvalue weighted by atomic mass is 10.1. The van der Waals surface area contributed by atoms with E-state index in [2.05, 4.69) is 83.4 Å². The maximum absolute atomic E-state index is 13.1. The molecule has 0 heterocycles. The van der Waals surface area contributed by atoms with Gasteiger partial charge in [0, 0.05) is 12.2 Å². The molecule has 0 radical (unpaired) electrons. The molecular formula is C33H41N3O6PS2+. The summed E-state index contributed by atoms with van der Waals surface area (Å²) in [5.74, 6) is -1.84. The third-order valence-electron chi connectivity index (χ3n) is 6.79. The zero-order valence-electron chi connectivity index (χ0n) is 25.6. The molecule has 0 fully saturated rings. The second kappa shape index (κ2) is 19.2. The van der Waals surface area contributed by atoms with Crippen molar-refractivity contribution in [1.82, 2.24) is 10.6 Å². The van der Waals surface area contributed by atoms with E-state index < -0.39 is 43.1 Å². The van der Waals surface area contributed by atoms with Gasteiger partial charge in [-0.2, -0.15) is 0 Å². The van der Waals surface area contributed by atoms with Gasteiger partial charge in [0.15, 0.2) is 0 Å². The molecule has 0 bridgehead atoms. The highest BCUT2D eigenvalue weighted by Crippen LogP contribution is 2.59. The van der Waals surface area contributed by atoms with Crippen molar-refractivity contribution in [2.75, 3.05) is 31.0 Å². The molecule has 0 saturated carbocycles. The summed E-state index contributed by atoms with van der Waals surface area (Å²) in [6.07, 6.45) is 0.00601. The normalized spacial score (nSPS) is 12.4. The van der Waals surface area contributed by atoms with Crippen LogP contribution in [0.25, 0.3) is 0 Å². The van der Waals surface area contributed by atoms with Crippen molar-refractivity contribution < 1.29 is 28.7 Å². The standard InChI is InChI=1S/C33H40N3O6PS2/c1-3-41-31(38)22-35-32(39)29(36-30(37)21-20-28(34)33(40)42-4-2)23-44-45-24-43(25-14-8-5-9-15-25,26-16-10-6-11-17-26)27-18-12-7-13-19-27/h5-19,28-29H,3-4,20-24,34H2,1-2H3,(H-,35,36,37,39)/p+1. The number of rotatable bonds is 18. The van der Waals surface area contributed by atoms with E-state index in [1.54, 1.807) is 24.6 Å². The zero-order chi connectivity index (χ0) is 32.5. The molecule has 4 N–H and O–H groups in total. The maximum Gasteiger partial charge on any atom is 0.325 e. The lowest BCUT2D eigenvalue weighted by Crippen LogP contribution is -2.49. The van der Waals surface area contributed by atoms with Crippen molar-refractivity contribution in [2.45, 2.75) is 38.8 Å². The number of hydrogen-bond acceptors (Lipinski definition) is 9. The summed E-state index contributed by atoms with van der Waals surface area (Å²) in [4.78, 5) is 49.7. The summed E-state index contributed by atoms with van der Waals surface area (Å²) in [7, 11) is 1.02. The molecule has 2 amide bonds. The van der Waals surface area contributed by atoms with Crippen LogP contribution in [0.5, 0.6) is 0 Å². The Hall–Kier alpha value is -3.37. The van der Waals surface area contributed by atoms with Gasteiger partial charge in [0.1, 0.15) is 47.3 Å². The Morgan fingerprint density at radius 2 is 1.29 bits per heavy atom. The van der Waals surface area contributed by atoms with Gasteiger partial charge in [-0.25, -0.2) is 0 Å². The van der Waals surface area contributed by atoms with Crippen molar-refractivity contribution in [3.8, 4) is 0 Å². The SMILES string of the molecule is CCOC(=O)CNC(=O)C(CSSC[P+](c1ccccc1)(c1ccccc1)c1ccccc1)NC(=O)CCC(N)C(=O)OCC. The average molecular weight is 671 g/mol. The van der Waals surface area contributed by atoms with Gasteiger partial charge in [0.25, 0.3) is 0 Å². The van der Waals surface area contributed by atoms with E-state index in [4.69, 9.17) is 15.2 Å². The van der Waals surface area contributed by atoms with Crippen LogP contribution in [0.4, 0.5) is 0 Å². The number of hydrogen-bond donors (Lipinski definition) is 3. The van der Waals surface area contributed by atoms with E-state index in [0.717, 1.165) is 5.49 Å². The van der Waals surface area contributed by atoms with E-state index in [-0.39, 0.29) is 38.4 Å². The van der Waals surface area contributed by atoms with E-state index in [1.807, 2.05) is 18.2 Å². The van der Waals surface area contributed by atoms with Gasteiger partial charge < -0.3 is 25.8 Å². The van der Waals surface area contributed by atoms with Crippen molar-refractivity contribution in [3.63, 3.8) is 0 Å². The molecule has 3 aromatic carbocycles. The summed E-state index contributed by atoms with van der Waals surface area (Å²) >= 11 is 0. The molecule has 0 saturated heterocycles. The van der Waals surface area contributed by atoms with Gasteiger partial charge in [-0.15, -0.1) is 0 Å². The van der Waals surface area contributed by atoms with Crippen LogP contribution in [0.1, 0.15) is 26.7 Å². The minimum Gasteiger partial charge on any atom is -0.465 e. The summed E-state index contributed by atoms with van der Waals surface area (Å²) in [5.41, 5.74) is 6.59. The molecule has 2 unspecified atom stereocenters. The first-order chi connectivity index (χ1) is 21.8. The topological polar surface area (TPSA) is 137 Å². The molecule has 12 heteroatoms. The van der Waals surface area contributed by atoms with E-state index in [0.29, 0.717) is 0 Å². The van der Waals surface area contributed by atoms with Crippen molar-refractivity contribution in [3.05, 3.63) is 91.0 Å². The third-order valence-corrected chi connectivity index (χ3v) is 14.8. The molecule has 2 atom stereocenters. The van der Waals surface area contributed by atoms with Crippen LogP contribution >= 0.6 is 28.9 Å². The number of benzene rings is 3. The van der Waals surface area contributed by atoms with Gasteiger partial charge in [0.05, 0.1) is 13.2 Å². The smallest absolute Gasteiger partial charge is 0.325 e. The monoisotopic (exact) mass is 670 g/mol. The van der Waals surface area contributed by atoms with Crippen molar-refractivity contribution in [1.29, 1.82) is 0 Å². The maximum atomic E-state index is 13.1. The quantitative estimate of drug-likeness (QED) is 0.0807. The Balaban J connectivity index is 1.77.